The summed E-state index contributed by atoms with van der Waals surface area (Å²) >= 11 is 0. The molecule has 25 heavy (non-hydrogen) atoms. The summed E-state index contributed by atoms with van der Waals surface area (Å²) in [6, 6.07) is 0. The second-order valence-corrected chi connectivity index (χ2v) is 7.24. The fourth-order valence-corrected chi connectivity index (χ4v) is 3.01. The number of carboxylic acids is 1. The molecule has 0 saturated heterocycles. The Labute approximate surface area is 156 Å². The molecule has 0 amide bonds. The Balaban J connectivity index is 2.97. The minimum absolute atomic E-state index is 0.232. The average Bonchev–Trinajstić information content (AvgIpc) is 2.60. The number of hydrogen-bond acceptors (Lipinski definition) is 3. The van der Waals surface area contributed by atoms with E-state index in [4.69, 9.17) is 5.11 Å². The Bertz CT molecular complexity index is 273. The molecule has 0 aliphatic carbocycles. The molecule has 4 heteroatoms. The summed E-state index contributed by atoms with van der Waals surface area (Å²) in [6.07, 6.45) is 19.1. The van der Waals surface area contributed by atoms with Crippen molar-refractivity contribution in [3.8, 4) is 0 Å². The first kappa shape index (κ1) is 24.4. The third-order valence-electron chi connectivity index (χ3n) is 4.68. The summed E-state index contributed by atoms with van der Waals surface area (Å²) in [5.41, 5.74) is 0. The van der Waals surface area contributed by atoms with Crippen LogP contribution in [0, 0.1) is 0 Å². The number of carboxylic acid groups (broad SMARTS) is 1. The van der Waals surface area contributed by atoms with Crippen LogP contribution in [0.15, 0.2) is 0 Å². The lowest BCUT2D eigenvalue weighted by molar-refractivity contribution is -0.136. The van der Waals surface area contributed by atoms with Crippen molar-refractivity contribution in [3.63, 3.8) is 0 Å². The van der Waals surface area contributed by atoms with Gasteiger partial charge in [0.15, 0.2) is 0 Å². The van der Waals surface area contributed by atoms with Crippen molar-refractivity contribution in [2.75, 3.05) is 26.2 Å². The lowest BCUT2D eigenvalue weighted by Crippen LogP contribution is -2.19. The molecule has 0 bridgehead atoms. The van der Waals surface area contributed by atoms with Gasteiger partial charge in [-0.25, -0.2) is 0 Å². The van der Waals surface area contributed by atoms with Crippen LogP contribution in [-0.2, 0) is 4.79 Å². The molecule has 150 valence electrons. The van der Waals surface area contributed by atoms with Gasteiger partial charge in [0.05, 0.1) is 6.42 Å². The minimum atomic E-state index is -0.716. The number of carbonyl (C=O) groups is 1. The molecule has 4 nitrogen and oxygen atoms in total. The molecule has 0 spiro atoms. The van der Waals surface area contributed by atoms with Crippen molar-refractivity contribution in [1.29, 1.82) is 0 Å². The van der Waals surface area contributed by atoms with Gasteiger partial charge in [0.1, 0.15) is 0 Å². The van der Waals surface area contributed by atoms with Crippen LogP contribution in [0.3, 0.4) is 0 Å². The molecule has 0 saturated carbocycles. The normalized spacial score (nSPS) is 11.1. The van der Waals surface area contributed by atoms with Crippen LogP contribution in [0.1, 0.15) is 103 Å². The minimum Gasteiger partial charge on any atom is -0.481 e. The van der Waals surface area contributed by atoms with Gasteiger partial charge >= 0.3 is 5.97 Å². The SMILES string of the molecule is CCCCNCCCCCCCCCCCCCCNCCC(=O)O. The summed E-state index contributed by atoms with van der Waals surface area (Å²) in [5, 5.41) is 15.2. The van der Waals surface area contributed by atoms with E-state index >= 15 is 0 Å². The highest BCUT2D eigenvalue weighted by Crippen LogP contribution is 2.11. The number of rotatable bonds is 21. The molecule has 0 atom stereocenters. The Morgan fingerprint density at radius 3 is 1.36 bits per heavy atom. The fraction of sp³-hybridized carbons (Fsp3) is 0.952. The second-order valence-electron chi connectivity index (χ2n) is 7.24. The first-order valence-electron chi connectivity index (χ1n) is 10.9. The van der Waals surface area contributed by atoms with Gasteiger partial charge in [0.2, 0.25) is 0 Å². The maximum absolute atomic E-state index is 10.3. The Morgan fingerprint density at radius 2 is 0.960 bits per heavy atom. The van der Waals surface area contributed by atoms with E-state index in [0.717, 1.165) is 6.54 Å². The summed E-state index contributed by atoms with van der Waals surface area (Å²) in [4.78, 5) is 10.3. The van der Waals surface area contributed by atoms with Crippen LogP contribution in [0.2, 0.25) is 0 Å². The maximum Gasteiger partial charge on any atom is 0.304 e. The van der Waals surface area contributed by atoms with Crippen molar-refractivity contribution in [2.45, 2.75) is 103 Å². The number of aliphatic carboxylic acids is 1. The van der Waals surface area contributed by atoms with Crippen molar-refractivity contribution >= 4 is 5.97 Å². The molecule has 0 aromatic rings. The standard InChI is InChI=1S/C21H44N2O2/c1-2-3-17-22-18-14-12-10-8-6-4-5-7-9-11-13-15-19-23-20-16-21(24)25/h22-23H,2-20H2,1H3,(H,24,25). The first-order valence-corrected chi connectivity index (χ1v) is 10.9. The molecule has 3 N–H and O–H groups in total. The van der Waals surface area contributed by atoms with E-state index in [9.17, 15) is 4.79 Å². The highest BCUT2D eigenvalue weighted by atomic mass is 16.4. The second kappa shape index (κ2) is 21.4. The Hall–Kier alpha value is -0.610. The van der Waals surface area contributed by atoms with Gasteiger partial charge in [-0.1, -0.05) is 77.6 Å². The van der Waals surface area contributed by atoms with Crippen molar-refractivity contribution in [1.82, 2.24) is 10.6 Å². The highest BCUT2D eigenvalue weighted by molar-refractivity contribution is 5.66. The molecule has 0 unspecified atom stereocenters. The molecule has 0 aromatic heterocycles. The zero-order chi connectivity index (χ0) is 18.4. The van der Waals surface area contributed by atoms with E-state index in [1.54, 1.807) is 0 Å². The third-order valence-corrected chi connectivity index (χ3v) is 4.68. The van der Waals surface area contributed by atoms with Crippen LogP contribution in [0.4, 0.5) is 0 Å². The van der Waals surface area contributed by atoms with E-state index in [2.05, 4.69) is 17.6 Å². The van der Waals surface area contributed by atoms with Gasteiger partial charge < -0.3 is 15.7 Å². The quantitative estimate of drug-likeness (QED) is 0.250. The van der Waals surface area contributed by atoms with Gasteiger partial charge in [-0.3, -0.25) is 4.79 Å². The zero-order valence-electron chi connectivity index (χ0n) is 16.8. The lowest BCUT2D eigenvalue weighted by Gasteiger charge is -2.05. The molecule has 0 rings (SSSR count). The summed E-state index contributed by atoms with van der Waals surface area (Å²) < 4.78 is 0. The van der Waals surface area contributed by atoms with E-state index < -0.39 is 5.97 Å². The van der Waals surface area contributed by atoms with E-state index in [0.29, 0.717) is 6.54 Å². The largest absolute Gasteiger partial charge is 0.481 e. The molecule has 0 aliphatic rings. The summed E-state index contributed by atoms with van der Waals surface area (Å²) in [6.45, 7) is 6.20. The van der Waals surface area contributed by atoms with Crippen molar-refractivity contribution < 1.29 is 9.90 Å². The fourth-order valence-electron chi connectivity index (χ4n) is 3.01. The van der Waals surface area contributed by atoms with Crippen LogP contribution >= 0.6 is 0 Å². The number of hydrogen-bond donors (Lipinski definition) is 3. The smallest absolute Gasteiger partial charge is 0.304 e. The summed E-state index contributed by atoms with van der Waals surface area (Å²) in [5.74, 6) is -0.716. The van der Waals surface area contributed by atoms with Gasteiger partial charge in [-0.2, -0.15) is 0 Å². The van der Waals surface area contributed by atoms with Gasteiger partial charge in [-0.05, 0) is 38.9 Å². The third kappa shape index (κ3) is 23.4. The van der Waals surface area contributed by atoms with E-state index in [1.807, 2.05) is 0 Å². The predicted octanol–water partition coefficient (Wildman–Crippen LogP) is 5.12. The van der Waals surface area contributed by atoms with Gasteiger partial charge in [0, 0.05) is 6.54 Å². The molecular formula is C21H44N2O2. The van der Waals surface area contributed by atoms with Crippen molar-refractivity contribution in [3.05, 3.63) is 0 Å². The van der Waals surface area contributed by atoms with Gasteiger partial charge in [0.25, 0.3) is 0 Å². The molecule has 0 aliphatic heterocycles. The molecule has 0 fully saturated rings. The molecular weight excluding hydrogens is 312 g/mol. The zero-order valence-corrected chi connectivity index (χ0v) is 16.8. The molecule has 0 heterocycles. The topological polar surface area (TPSA) is 61.4 Å². The lowest BCUT2D eigenvalue weighted by atomic mass is 10.1. The van der Waals surface area contributed by atoms with Crippen LogP contribution in [0.25, 0.3) is 0 Å². The monoisotopic (exact) mass is 356 g/mol. The van der Waals surface area contributed by atoms with Crippen LogP contribution in [0.5, 0.6) is 0 Å². The molecule has 0 aromatic carbocycles. The molecule has 0 radical (unpaired) electrons. The predicted molar refractivity (Wildman–Crippen MR) is 108 cm³/mol. The van der Waals surface area contributed by atoms with E-state index in [-0.39, 0.29) is 6.42 Å². The van der Waals surface area contributed by atoms with E-state index in [1.165, 1.54) is 103 Å². The summed E-state index contributed by atoms with van der Waals surface area (Å²) in [7, 11) is 0. The van der Waals surface area contributed by atoms with Crippen LogP contribution in [-0.4, -0.2) is 37.3 Å². The maximum atomic E-state index is 10.3. The number of unbranched alkanes of at least 4 members (excludes halogenated alkanes) is 12. The average molecular weight is 357 g/mol. The Kier molecular flexibility index (Phi) is 20.9. The van der Waals surface area contributed by atoms with Crippen LogP contribution < -0.4 is 10.6 Å². The van der Waals surface area contributed by atoms with Crippen molar-refractivity contribution in [2.24, 2.45) is 0 Å². The highest BCUT2D eigenvalue weighted by Gasteiger charge is 1.96. The number of nitrogens with one attached hydrogen (secondary N) is 2. The van der Waals surface area contributed by atoms with Gasteiger partial charge in [-0.15, -0.1) is 0 Å². The first-order chi connectivity index (χ1) is 12.3. The Morgan fingerprint density at radius 1 is 0.600 bits per heavy atom.